The molecule has 3 rings (SSSR count). The molecule has 1 aliphatic carbocycles. The molecule has 0 aliphatic heterocycles. The number of aromatic amines is 1. The Kier molecular flexibility index (Phi) is 2.73. The lowest BCUT2D eigenvalue weighted by atomic mass is 9.96. The van der Waals surface area contributed by atoms with Gasteiger partial charge >= 0.3 is 0 Å². The molecule has 2 heterocycles. The Morgan fingerprint density at radius 1 is 1.18 bits per heavy atom. The van der Waals surface area contributed by atoms with Crippen LogP contribution in [0, 0.1) is 0 Å². The van der Waals surface area contributed by atoms with Crippen molar-refractivity contribution in [1.29, 1.82) is 0 Å². The van der Waals surface area contributed by atoms with Gasteiger partial charge in [-0.05, 0) is 25.7 Å². The normalized spacial score (nSPS) is 14.4. The number of fused-ring (bicyclic) bond motifs is 1. The highest BCUT2D eigenvalue weighted by molar-refractivity contribution is 5.46. The fraction of sp³-hybridized carbons (Fsp3) is 0.417. The minimum absolute atomic E-state index is 0.677. The summed E-state index contributed by atoms with van der Waals surface area (Å²) in [6, 6.07) is 0. The van der Waals surface area contributed by atoms with Crippen LogP contribution in [0.2, 0.25) is 0 Å². The van der Waals surface area contributed by atoms with Gasteiger partial charge in [0.25, 0.3) is 0 Å². The van der Waals surface area contributed by atoms with Crippen molar-refractivity contribution in [2.75, 3.05) is 5.32 Å². The van der Waals surface area contributed by atoms with Gasteiger partial charge in [-0.1, -0.05) is 0 Å². The van der Waals surface area contributed by atoms with Gasteiger partial charge in [-0.2, -0.15) is 0 Å². The van der Waals surface area contributed by atoms with Crippen molar-refractivity contribution in [2.24, 2.45) is 0 Å². The van der Waals surface area contributed by atoms with Crippen molar-refractivity contribution >= 4 is 5.82 Å². The van der Waals surface area contributed by atoms with E-state index in [1.165, 1.54) is 24.1 Å². The quantitative estimate of drug-likeness (QED) is 0.840. The number of anilines is 1. The van der Waals surface area contributed by atoms with E-state index in [-0.39, 0.29) is 0 Å². The maximum absolute atomic E-state index is 4.35. The van der Waals surface area contributed by atoms with Crippen LogP contribution in [0.5, 0.6) is 0 Å². The lowest BCUT2D eigenvalue weighted by Gasteiger charge is -2.17. The van der Waals surface area contributed by atoms with Crippen molar-refractivity contribution in [1.82, 2.24) is 19.9 Å². The summed E-state index contributed by atoms with van der Waals surface area (Å²) in [5.41, 5.74) is 2.48. The van der Waals surface area contributed by atoms with Crippen LogP contribution in [0.15, 0.2) is 18.7 Å². The lowest BCUT2D eigenvalue weighted by molar-refractivity contribution is 0.663. The zero-order valence-electron chi connectivity index (χ0n) is 9.61. The highest BCUT2D eigenvalue weighted by atomic mass is 15.0. The Bertz CT molecular complexity index is 492. The number of nitrogens with one attached hydrogen (secondary N) is 2. The molecule has 5 heteroatoms. The van der Waals surface area contributed by atoms with Gasteiger partial charge in [-0.25, -0.2) is 15.0 Å². The first-order valence-electron chi connectivity index (χ1n) is 5.98. The molecule has 2 N–H and O–H groups in total. The number of imidazole rings is 1. The molecular formula is C12H15N5. The third-order valence-corrected chi connectivity index (χ3v) is 3.10. The molecule has 17 heavy (non-hydrogen) atoms. The molecule has 0 atom stereocenters. The maximum atomic E-state index is 4.35. The summed E-state index contributed by atoms with van der Waals surface area (Å²) in [4.78, 5) is 15.9. The predicted molar refractivity (Wildman–Crippen MR) is 64.6 cm³/mol. The standard InChI is InChI=1S/C12H15N5/c1-2-4-10-9(3-1)12(17-8-16-10)15-7-11-13-5-6-14-11/h5-6,8H,1-4,7H2,(H,13,14)(H,15,16,17). The number of aryl methyl sites for hydroxylation is 1. The Hall–Kier alpha value is -1.91. The molecule has 2 aromatic rings. The zero-order chi connectivity index (χ0) is 11.5. The van der Waals surface area contributed by atoms with Gasteiger partial charge in [-0.15, -0.1) is 0 Å². The Morgan fingerprint density at radius 3 is 3.00 bits per heavy atom. The lowest BCUT2D eigenvalue weighted by Crippen LogP contribution is -2.12. The van der Waals surface area contributed by atoms with Gasteiger partial charge in [0.15, 0.2) is 0 Å². The third kappa shape index (κ3) is 2.13. The second kappa shape index (κ2) is 4.53. The second-order valence-corrected chi connectivity index (χ2v) is 4.24. The van der Waals surface area contributed by atoms with E-state index in [0.717, 1.165) is 24.5 Å². The van der Waals surface area contributed by atoms with Crippen molar-refractivity contribution in [3.05, 3.63) is 35.8 Å². The number of hydrogen-bond donors (Lipinski definition) is 2. The number of aromatic nitrogens is 4. The van der Waals surface area contributed by atoms with E-state index in [2.05, 4.69) is 25.3 Å². The van der Waals surface area contributed by atoms with Crippen LogP contribution in [0.1, 0.15) is 29.9 Å². The molecule has 0 saturated heterocycles. The van der Waals surface area contributed by atoms with Crippen LogP contribution in [-0.2, 0) is 19.4 Å². The van der Waals surface area contributed by atoms with Crippen molar-refractivity contribution in [2.45, 2.75) is 32.2 Å². The number of rotatable bonds is 3. The van der Waals surface area contributed by atoms with Crippen LogP contribution < -0.4 is 5.32 Å². The first-order chi connectivity index (χ1) is 8.43. The fourth-order valence-electron chi connectivity index (χ4n) is 2.24. The summed E-state index contributed by atoms with van der Waals surface area (Å²) in [6.07, 6.45) is 9.86. The van der Waals surface area contributed by atoms with Crippen molar-refractivity contribution in [3.63, 3.8) is 0 Å². The van der Waals surface area contributed by atoms with Crippen LogP contribution in [0.3, 0.4) is 0 Å². The molecule has 88 valence electrons. The number of hydrogen-bond acceptors (Lipinski definition) is 4. The summed E-state index contributed by atoms with van der Waals surface area (Å²) in [7, 11) is 0. The summed E-state index contributed by atoms with van der Waals surface area (Å²) in [5, 5.41) is 3.33. The molecule has 5 nitrogen and oxygen atoms in total. The SMILES string of the molecule is c1c[nH]c(CNc2ncnc3c2CCCC3)n1. The van der Waals surface area contributed by atoms with E-state index in [1.54, 1.807) is 12.5 Å². The summed E-state index contributed by atoms with van der Waals surface area (Å²) in [6.45, 7) is 0.677. The van der Waals surface area contributed by atoms with Crippen LogP contribution in [0.4, 0.5) is 5.82 Å². The van der Waals surface area contributed by atoms with Gasteiger partial charge < -0.3 is 10.3 Å². The molecule has 0 aromatic carbocycles. The fourth-order valence-corrected chi connectivity index (χ4v) is 2.24. The second-order valence-electron chi connectivity index (χ2n) is 4.24. The van der Waals surface area contributed by atoms with Crippen LogP contribution >= 0.6 is 0 Å². The number of nitrogens with zero attached hydrogens (tertiary/aromatic N) is 3. The smallest absolute Gasteiger partial charge is 0.133 e. The topological polar surface area (TPSA) is 66.5 Å². The van der Waals surface area contributed by atoms with E-state index in [1.807, 2.05) is 6.20 Å². The summed E-state index contributed by atoms with van der Waals surface area (Å²) < 4.78 is 0. The summed E-state index contributed by atoms with van der Waals surface area (Å²) in [5.74, 6) is 1.89. The molecule has 0 spiro atoms. The Morgan fingerprint density at radius 2 is 2.12 bits per heavy atom. The zero-order valence-corrected chi connectivity index (χ0v) is 9.61. The average Bonchev–Trinajstić information content (AvgIpc) is 2.89. The molecule has 0 saturated carbocycles. The maximum Gasteiger partial charge on any atom is 0.133 e. The van der Waals surface area contributed by atoms with Crippen molar-refractivity contribution < 1.29 is 0 Å². The molecule has 1 aliphatic rings. The van der Waals surface area contributed by atoms with Gasteiger partial charge in [0.1, 0.15) is 18.0 Å². The molecule has 0 radical (unpaired) electrons. The van der Waals surface area contributed by atoms with Crippen LogP contribution in [-0.4, -0.2) is 19.9 Å². The van der Waals surface area contributed by atoms with Gasteiger partial charge in [0, 0.05) is 23.7 Å². The highest BCUT2D eigenvalue weighted by Gasteiger charge is 2.15. The minimum atomic E-state index is 0.677. The van der Waals surface area contributed by atoms with Crippen molar-refractivity contribution in [3.8, 4) is 0 Å². The molecular weight excluding hydrogens is 214 g/mol. The van der Waals surface area contributed by atoms with Gasteiger partial charge in [0.2, 0.25) is 0 Å². The predicted octanol–water partition coefficient (Wildman–Crippen LogP) is 1.69. The van der Waals surface area contributed by atoms with Crippen LogP contribution in [0.25, 0.3) is 0 Å². The van der Waals surface area contributed by atoms with E-state index >= 15 is 0 Å². The first kappa shape index (κ1) is 10.3. The van der Waals surface area contributed by atoms with Gasteiger partial charge in [0.05, 0.1) is 6.54 Å². The minimum Gasteiger partial charge on any atom is -0.363 e. The third-order valence-electron chi connectivity index (χ3n) is 3.10. The molecule has 0 unspecified atom stereocenters. The molecule has 0 bridgehead atoms. The Balaban J connectivity index is 1.78. The highest BCUT2D eigenvalue weighted by Crippen LogP contribution is 2.24. The summed E-state index contributed by atoms with van der Waals surface area (Å²) >= 11 is 0. The average molecular weight is 229 g/mol. The van der Waals surface area contributed by atoms with E-state index < -0.39 is 0 Å². The largest absolute Gasteiger partial charge is 0.363 e. The molecule has 0 amide bonds. The van der Waals surface area contributed by atoms with E-state index in [4.69, 9.17) is 0 Å². The molecule has 0 fully saturated rings. The Labute approximate surface area is 99.7 Å². The molecule has 2 aromatic heterocycles. The van der Waals surface area contributed by atoms with E-state index in [0.29, 0.717) is 6.54 Å². The monoisotopic (exact) mass is 229 g/mol. The number of H-pyrrole nitrogens is 1. The first-order valence-corrected chi connectivity index (χ1v) is 5.98. The van der Waals surface area contributed by atoms with Gasteiger partial charge in [-0.3, -0.25) is 0 Å². The van der Waals surface area contributed by atoms with E-state index in [9.17, 15) is 0 Å².